The smallest absolute Gasteiger partial charge is 0.336 e. The van der Waals surface area contributed by atoms with Gasteiger partial charge in [-0.2, -0.15) is 10.0 Å². The Bertz CT molecular complexity index is 879. The van der Waals surface area contributed by atoms with Crippen molar-refractivity contribution >= 4 is 23.7 Å². The average Bonchev–Trinajstić information content (AvgIpc) is 2.84. The van der Waals surface area contributed by atoms with Gasteiger partial charge in [0.05, 0.1) is 0 Å². The number of rotatable bonds is 8. The van der Waals surface area contributed by atoms with Gasteiger partial charge in [0.1, 0.15) is 0 Å². The molecule has 3 rings (SSSR count). The van der Waals surface area contributed by atoms with Gasteiger partial charge in [-0.25, -0.2) is 9.59 Å². The maximum Gasteiger partial charge on any atom is 0.344 e. The predicted octanol–water partition coefficient (Wildman–Crippen LogP) is 4.35. The lowest BCUT2D eigenvalue weighted by atomic mass is 10.2. The van der Waals surface area contributed by atoms with Crippen LogP contribution in [0.1, 0.15) is 50.7 Å². The Morgan fingerprint density at radius 3 is 1.41 bits per heavy atom. The van der Waals surface area contributed by atoms with Gasteiger partial charge in [-0.05, 0) is 12.8 Å². The fourth-order valence-corrected chi connectivity index (χ4v) is 3.08. The first-order valence-electron chi connectivity index (χ1n) is 11.1. The SMILES string of the molecule is CCCCNC(=O)N1N=C(c2ccccc2)N(C(=O)NCCCC)N=C1c1ccccc1. The topological polar surface area (TPSA) is 89.4 Å². The van der Waals surface area contributed by atoms with Gasteiger partial charge in [0.15, 0.2) is 11.7 Å². The fourth-order valence-electron chi connectivity index (χ4n) is 3.08. The summed E-state index contributed by atoms with van der Waals surface area (Å²) >= 11 is 0. The van der Waals surface area contributed by atoms with Crippen LogP contribution in [0.2, 0.25) is 0 Å². The molecule has 0 fully saturated rings. The number of urea groups is 2. The minimum absolute atomic E-state index is 0.282. The summed E-state index contributed by atoms with van der Waals surface area (Å²) in [4.78, 5) is 26.1. The molecule has 0 spiro atoms. The van der Waals surface area contributed by atoms with E-state index >= 15 is 0 Å². The Balaban J connectivity index is 2.02. The maximum absolute atomic E-state index is 13.0. The molecule has 0 aliphatic carbocycles. The standard InChI is InChI=1S/C24H30N6O2/c1-3-5-17-25-23(31)29-21(19-13-9-7-10-14-19)28-30(24(32)26-18-6-4-2)22(27-29)20-15-11-8-12-16-20/h7-16H,3-6,17-18H2,1-2H3,(H,25,31)(H,26,32). The number of hydrazone groups is 2. The molecule has 0 saturated carbocycles. The molecular formula is C24H30N6O2. The summed E-state index contributed by atoms with van der Waals surface area (Å²) in [5.74, 6) is 0.565. The highest BCUT2D eigenvalue weighted by molar-refractivity contribution is 6.15. The minimum atomic E-state index is -0.388. The third-order valence-electron chi connectivity index (χ3n) is 4.85. The Kier molecular flexibility index (Phi) is 8.36. The second kappa shape index (κ2) is 11.6. The van der Waals surface area contributed by atoms with Gasteiger partial charge < -0.3 is 10.6 Å². The Morgan fingerprint density at radius 2 is 1.06 bits per heavy atom. The number of hydrogen-bond acceptors (Lipinski definition) is 4. The van der Waals surface area contributed by atoms with Crippen LogP contribution in [0, 0.1) is 0 Å². The molecule has 168 valence electrons. The highest BCUT2D eigenvalue weighted by atomic mass is 16.2. The van der Waals surface area contributed by atoms with Gasteiger partial charge in [0.25, 0.3) is 0 Å². The zero-order valence-corrected chi connectivity index (χ0v) is 18.6. The van der Waals surface area contributed by atoms with Crippen LogP contribution in [0.25, 0.3) is 0 Å². The summed E-state index contributed by atoms with van der Waals surface area (Å²) in [6.07, 6.45) is 3.64. The van der Waals surface area contributed by atoms with E-state index in [1.54, 1.807) is 0 Å². The van der Waals surface area contributed by atoms with Crippen molar-refractivity contribution in [3.63, 3.8) is 0 Å². The van der Waals surface area contributed by atoms with Crippen molar-refractivity contribution in [2.75, 3.05) is 13.1 Å². The van der Waals surface area contributed by atoms with E-state index in [4.69, 9.17) is 0 Å². The second-order valence-corrected chi connectivity index (χ2v) is 7.37. The average molecular weight is 435 g/mol. The van der Waals surface area contributed by atoms with Crippen LogP contribution in [-0.2, 0) is 0 Å². The maximum atomic E-state index is 13.0. The van der Waals surface area contributed by atoms with Crippen molar-refractivity contribution in [3.8, 4) is 0 Å². The van der Waals surface area contributed by atoms with E-state index in [2.05, 4.69) is 34.7 Å². The molecule has 0 saturated heterocycles. The highest BCUT2D eigenvalue weighted by Crippen LogP contribution is 2.18. The number of hydrogen-bond donors (Lipinski definition) is 2. The Hall–Kier alpha value is -3.68. The number of benzene rings is 2. The van der Waals surface area contributed by atoms with Gasteiger partial charge in [0, 0.05) is 24.2 Å². The first-order valence-corrected chi connectivity index (χ1v) is 11.1. The largest absolute Gasteiger partial charge is 0.344 e. The molecule has 32 heavy (non-hydrogen) atoms. The molecular weight excluding hydrogens is 404 g/mol. The lowest BCUT2D eigenvalue weighted by Crippen LogP contribution is -2.50. The zero-order chi connectivity index (χ0) is 22.8. The molecule has 0 unspecified atom stereocenters. The number of carbonyl (C=O) groups is 2. The zero-order valence-electron chi connectivity index (χ0n) is 18.6. The van der Waals surface area contributed by atoms with E-state index < -0.39 is 0 Å². The monoisotopic (exact) mass is 434 g/mol. The minimum Gasteiger partial charge on any atom is -0.336 e. The molecule has 8 nitrogen and oxygen atoms in total. The Morgan fingerprint density at radius 1 is 0.688 bits per heavy atom. The van der Waals surface area contributed by atoms with Crippen LogP contribution in [0.15, 0.2) is 70.9 Å². The van der Waals surface area contributed by atoms with E-state index in [1.807, 2.05) is 60.7 Å². The molecule has 1 heterocycles. The van der Waals surface area contributed by atoms with Crippen molar-refractivity contribution in [2.24, 2.45) is 10.2 Å². The third-order valence-corrected chi connectivity index (χ3v) is 4.85. The van der Waals surface area contributed by atoms with E-state index in [1.165, 1.54) is 10.0 Å². The molecule has 0 bridgehead atoms. The van der Waals surface area contributed by atoms with Crippen LogP contribution in [-0.4, -0.2) is 46.8 Å². The van der Waals surface area contributed by atoms with Gasteiger partial charge in [-0.3, -0.25) is 0 Å². The van der Waals surface area contributed by atoms with E-state index in [9.17, 15) is 9.59 Å². The van der Waals surface area contributed by atoms with Crippen LogP contribution < -0.4 is 10.6 Å². The molecule has 0 aromatic heterocycles. The number of amides is 4. The normalized spacial score (nSPS) is 13.3. The van der Waals surface area contributed by atoms with Gasteiger partial charge >= 0.3 is 12.1 Å². The van der Waals surface area contributed by atoms with E-state index in [0.29, 0.717) is 24.2 Å². The Labute approximate surface area is 189 Å². The van der Waals surface area contributed by atoms with Gasteiger partial charge in [-0.15, -0.1) is 10.2 Å². The lowest BCUT2D eigenvalue weighted by molar-refractivity contribution is 0.210. The molecule has 1 aliphatic heterocycles. The molecule has 0 radical (unpaired) electrons. The fraction of sp³-hybridized carbons (Fsp3) is 0.333. The molecule has 1 aliphatic rings. The molecule has 2 N–H and O–H groups in total. The first kappa shape index (κ1) is 23.0. The van der Waals surface area contributed by atoms with Gasteiger partial charge in [0.2, 0.25) is 0 Å². The van der Waals surface area contributed by atoms with Crippen molar-refractivity contribution < 1.29 is 9.59 Å². The van der Waals surface area contributed by atoms with Crippen LogP contribution in [0.4, 0.5) is 9.59 Å². The number of amidine groups is 2. The molecule has 0 atom stereocenters. The van der Waals surface area contributed by atoms with Crippen molar-refractivity contribution in [2.45, 2.75) is 39.5 Å². The number of unbranched alkanes of at least 4 members (excludes halogenated alkanes) is 2. The summed E-state index contributed by atoms with van der Waals surface area (Å²) in [5, 5.41) is 17.4. The quantitative estimate of drug-likeness (QED) is 0.605. The van der Waals surface area contributed by atoms with Crippen molar-refractivity contribution in [1.82, 2.24) is 20.7 Å². The predicted molar refractivity (Wildman–Crippen MR) is 126 cm³/mol. The van der Waals surface area contributed by atoms with Crippen LogP contribution in [0.5, 0.6) is 0 Å². The molecule has 8 heteroatoms. The summed E-state index contributed by atoms with van der Waals surface area (Å²) in [6, 6.07) is 17.7. The van der Waals surface area contributed by atoms with E-state index in [-0.39, 0.29) is 23.7 Å². The second-order valence-electron chi connectivity index (χ2n) is 7.37. The third kappa shape index (κ3) is 5.72. The van der Waals surface area contributed by atoms with Crippen LogP contribution >= 0.6 is 0 Å². The summed E-state index contributed by atoms with van der Waals surface area (Å²) < 4.78 is 0. The lowest BCUT2D eigenvalue weighted by Gasteiger charge is -2.30. The van der Waals surface area contributed by atoms with E-state index in [0.717, 1.165) is 25.7 Å². The molecule has 4 amide bonds. The highest BCUT2D eigenvalue weighted by Gasteiger charge is 2.32. The van der Waals surface area contributed by atoms with Crippen molar-refractivity contribution in [1.29, 1.82) is 0 Å². The summed E-state index contributed by atoms with van der Waals surface area (Å²) in [5.41, 5.74) is 1.36. The molecule has 2 aromatic carbocycles. The molecule has 2 aromatic rings. The summed E-state index contributed by atoms with van der Waals surface area (Å²) in [7, 11) is 0. The van der Waals surface area contributed by atoms with Crippen LogP contribution in [0.3, 0.4) is 0 Å². The summed E-state index contributed by atoms with van der Waals surface area (Å²) in [6.45, 7) is 5.19. The first-order chi connectivity index (χ1) is 15.7. The van der Waals surface area contributed by atoms with Gasteiger partial charge in [-0.1, -0.05) is 87.4 Å². The van der Waals surface area contributed by atoms with Crippen molar-refractivity contribution in [3.05, 3.63) is 71.8 Å². The number of nitrogens with one attached hydrogen (secondary N) is 2. The number of carbonyl (C=O) groups excluding carboxylic acids is 2. The number of nitrogens with zero attached hydrogens (tertiary/aromatic N) is 4.